The number of benzene rings is 1. The third-order valence-corrected chi connectivity index (χ3v) is 8.38. The van der Waals surface area contributed by atoms with E-state index in [0.717, 1.165) is 18.2 Å². The van der Waals surface area contributed by atoms with Gasteiger partial charge in [-0.2, -0.15) is 26.3 Å². The molecule has 168 valence electrons. The predicted octanol–water partition coefficient (Wildman–Crippen LogP) is 4.64. The minimum absolute atomic E-state index is 0.0442. The molecule has 2 fully saturated rings. The lowest BCUT2D eigenvalue weighted by Crippen LogP contribution is -2.57. The normalized spacial score (nSPS) is 24.7. The van der Waals surface area contributed by atoms with Gasteiger partial charge in [0.2, 0.25) is 5.91 Å². The number of halogens is 6. The highest BCUT2D eigenvalue weighted by Gasteiger charge is 2.63. The Hall–Kier alpha value is -1.78. The van der Waals surface area contributed by atoms with Crippen LogP contribution in [0.15, 0.2) is 29.2 Å². The van der Waals surface area contributed by atoms with Crippen LogP contribution in [0.25, 0.3) is 0 Å². The number of rotatable bonds is 4. The SMILES string of the molecule is O=C(NC1CCC(S(=O)(=O)c2cccc(C(F)(F)F)c2)CC1)C1(C(F)(F)F)CCC1. The molecule has 0 radical (unpaired) electrons. The average Bonchev–Trinajstić information content (AvgIpc) is 2.59. The number of sulfone groups is 1. The van der Waals surface area contributed by atoms with Gasteiger partial charge in [0, 0.05) is 6.04 Å². The van der Waals surface area contributed by atoms with Crippen molar-refractivity contribution in [3.8, 4) is 0 Å². The highest BCUT2D eigenvalue weighted by Crippen LogP contribution is 2.53. The molecule has 3 rings (SSSR count). The first-order valence-corrected chi connectivity index (χ1v) is 11.1. The fraction of sp³-hybridized carbons (Fsp3) is 0.632. The number of amides is 1. The summed E-state index contributed by atoms with van der Waals surface area (Å²) in [5, 5.41) is 1.46. The molecular weight excluding hydrogens is 436 g/mol. The zero-order chi connectivity index (χ0) is 22.4. The Kier molecular flexibility index (Phi) is 5.90. The van der Waals surface area contributed by atoms with Crippen molar-refractivity contribution < 1.29 is 39.6 Å². The third kappa shape index (κ3) is 4.17. The highest BCUT2D eigenvalue weighted by molar-refractivity contribution is 7.92. The fourth-order valence-corrected chi connectivity index (χ4v) is 5.89. The molecule has 0 atom stereocenters. The molecule has 0 heterocycles. The van der Waals surface area contributed by atoms with Gasteiger partial charge in [0.15, 0.2) is 9.84 Å². The van der Waals surface area contributed by atoms with Crippen LogP contribution in [0, 0.1) is 5.41 Å². The van der Waals surface area contributed by atoms with Crippen molar-refractivity contribution in [1.29, 1.82) is 0 Å². The zero-order valence-electron chi connectivity index (χ0n) is 15.8. The van der Waals surface area contributed by atoms with Crippen LogP contribution in [-0.4, -0.2) is 31.8 Å². The van der Waals surface area contributed by atoms with Crippen LogP contribution < -0.4 is 5.32 Å². The summed E-state index contributed by atoms with van der Waals surface area (Å²) in [6, 6.07) is 2.90. The topological polar surface area (TPSA) is 63.2 Å². The molecule has 0 unspecified atom stereocenters. The van der Waals surface area contributed by atoms with Crippen LogP contribution in [0.3, 0.4) is 0 Å². The van der Waals surface area contributed by atoms with Gasteiger partial charge < -0.3 is 5.32 Å². The van der Waals surface area contributed by atoms with E-state index < -0.39 is 55.3 Å². The maximum absolute atomic E-state index is 13.3. The Morgan fingerprint density at radius 1 is 1.00 bits per heavy atom. The molecule has 4 nitrogen and oxygen atoms in total. The first kappa shape index (κ1) is 22.9. The maximum Gasteiger partial charge on any atom is 0.416 e. The van der Waals surface area contributed by atoms with Crippen LogP contribution in [-0.2, 0) is 20.8 Å². The second-order valence-electron chi connectivity index (χ2n) is 7.95. The Bertz CT molecular complexity index is 898. The van der Waals surface area contributed by atoms with Crippen molar-refractivity contribution in [3.63, 3.8) is 0 Å². The monoisotopic (exact) mass is 457 g/mol. The Morgan fingerprint density at radius 2 is 1.60 bits per heavy atom. The van der Waals surface area contributed by atoms with Crippen LogP contribution in [0.4, 0.5) is 26.3 Å². The van der Waals surface area contributed by atoms with E-state index in [9.17, 15) is 39.6 Å². The van der Waals surface area contributed by atoms with Crippen LogP contribution in [0.5, 0.6) is 0 Å². The van der Waals surface area contributed by atoms with Crippen molar-refractivity contribution in [2.75, 3.05) is 0 Å². The molecule has 2 aliphatic rings. The van der Waals surface area contributed by atoms with Crippen LogP contribution in [0.2, 0.25) is 0 Å². The van der Waals surface area contributed by atoms with Gasteiger partial charge in [-0.25, -0.2) is 8.42 Å². The van der Waals surface area contributed by atoms with Crippen LogP contribution in [0.1, 0.15) is 50.5 Å². The van der Waals surface area contributed by atoms with Gasteiger partial charge in [-0.15, -0.1) is 0 Å². The lowest BCUT2D eigenvalue weighted by molar-refractivity contribution is -0.243. The Balaban J connectivity index is 1.65. The summed E-state index contributed by atoms with van der Waals surface area (Å²) in [7, 11) is -4.03. The molecule has 0 saturated heterocycles. The summed E-state index contributed by atoms with van der Waals surface area (Å²) in [6.45, 7) is 0. The number of hydrogen-bond acceptors (Lipinski definition) is 3. The van der Waals surface area contributed by atoms with Gasteiger partial charge in [-0.05, 0) is 56.7 Å². The molecular formula is C19H21F6NO3S. The molecule has 2 saturated carbocycles. The molecule has 30 heavy (non-hydrogen) atoms. The summed E-state index contributed by atoms with van der Waals surface area (Å²) in [6.07, 6.45) is -9.16. The van der Waals surface area contributed by atoms with E-state index in [2.05, 4.69) is 5.32 Å². The molecule has 11 heteroatoms. The minimum Gasteiger partial charge on any atom is -0.353 e. The van der Waals surface area contributed by atoms with Crippen molar-refractivity contribution >= 4 is 15.7 Å². The van der Waals surface area contributed by atoms with E-state index in [1.807, 2.05) is 0 Å². The van der Waals surface area contributed by atoms with E-state index >= 15 is 0 Å². The molecule has 0 bridgehead atoms. The predicted molar refractivity (Wildman–Crippen MR) is 95.2 cm³/mol. The quantitative estimate of drug-likeness (QED) is 0.671. The maximum atomic E-state index is 13.3. The smallest absolute Gasteiger partial charge is 0.353 e. The van der Waals surface area contributed by atoms with Gasteiger partial charge in [0.25, 0.3) is 0 Å². The van der Waals surface area contributed by atoms with Gasteiger partial charge in [-0.1, -0.05) is 12.5 Å². The van der Waals surface area contributed by atoms with E-state index in [4.69, 9.17) is 0 Å². The fourth-order valence-electron chi connectivity index (χ4n) is 4.05. The summed E-state index contributed by atoms with van der Waals surface area (Å²) in [4.78, 5) is 11.8. The average molecular weight is 457 g/mol. The molecule has 2 aliphatic carbocycles. The third-order valence-electron chi connectivity index (χ3n) is 6.12. The number of alkyl halides is 6. The van der Waals surface area contributed by atoms with Gasteiger partial charge in [-0.3, -0.25) is 4.79 Å². The number of carbonyl (C=O) groups is 1. The molecule has 0 aromatic heterocycles. The van der Waals surface area contributed by atoms with Crippen molar-refractivity contribution in [3.05, 3.63) is 29.8 Å². The minimum atomic E-state index is -4.68. The number of nitrogens with one attached hydrogen (secondary N) is 1. The lowest BCUT2D eigenvalue weighted by atomic mass is 9.67. The molecule has 1 amide bonds. The highest BCUT2D eigenvalue weighted by atomic mass is 32.2. The van der Waals surface area contributed by atoms with Gasteiger partial charge in [0.05, 0.1) is 15.7 Å². The molecule has 0 spiro atoms. The Morgan fingerprint density at radius 3 is 2.07 bits per heavy atom. The van der Waals surface area contributed by atoms with Crippen molar-refractivity contribution in [2.45, 2.75) is 73.5 Å². The van der Waals surface area contributed by atoms with Crippen molar-refractivity contribution in [1.82, 2.24) is 5.32 Å². The molecule has 1 aromatic rings. The first-order valence-electron chi connectivity index (χ1n) is 9.56. The van der Waals surface area contributed by atoms with Crippen LogP contribution >= 0.6 is 0 Å². The number of hydrogen-bond donors (Lipinski definition) is 1. The van der Waals surface area contributed by atoms with E-state index in [1.165, 1.54) is 0 Å². The summed E-state index contributed by atoms with van der Waals surface area (Å²) >= 11 is 0. The first-order chi connectivity index (χ1) is 13.8. The lowest BCUT2D eigenvalue weighted by Gasteiger charge is -2.42. The van der Waals surface area contributed by atoms with E-state index in [0.29, 0.717) is 12.5 Å². The standard InChI is InChI=1S/C19H21F6NO3S/c20-18(21,22)12-3-1-4-15(11-12)30(28,29)14-7-5-13(6-8-14)26-16(27)17(9-2-10-17)19(23,24)25/h1,3-4,11,13-14H,2,5-10H2,(H,26,27). The summed E-state index contributed by atoms with van der Waals surface area (Å²) < 4.78 is 104. The van der Waals surface area contributed by atoms with Gasteiger partial charge >= 0.3 is 12.4 Å². The van der Waals surface area contributed by atoms with E-state index in [1.54, 1.807) is 0 Å². The zero-order valence-corrected chi connectivity index (χ0v) is 16.6. The van der Waals surface area contributed by atoms with E-state index in [-0.39, 0.29) is 38.5 Å². The molecule has 1 aromatic carbocycles. The summed E-state index contributed by atoms with van der Waals surface area (Å²) in [5.41, 5.74) is -3.43. The van der Waals surface area contributed by atoms with Crippen molar-refractivity contribution in [2.24, 2.45) is 5.41 Å². The number of carbonyl (C=O) groups excluding carboxylic acids is 1. The Labute approximate surface area is 169 Å². The molecule has 1 N–H and O–H groups in total. The summed E-state index contributed by atoms with van der Waals surface area (Å²) in [5.74, 6) is -1.08. The second kappa shape index (κ2) is 7.72. The second-order valence-corrected chi connectivity index (χ2v) is 10.2. The molecule has 0 aliphatic heterocycles. The van der Waals surface area contributed by atoms with Gasteiger partial charge in [0.1, 0.15) is 5.41 Å². The largest absolute Gasteiger partial charge is 0.416 e.